The van der Waals surface area contributed by atoms with Crippen LogP contribution in [0.5, 0.6) is 11.5 Å². The predicted octanol–water partition coefficient (Wildman–Crippen LogP) is 6.93. The van der Waals surface area contributed by atoms with Crippen LogP contribution in [-0.4, -0.2) is 40.2 Å². The molecule has 0 fully saturated rings. The highest BCUT2D eigenvalue weighted by atomic mass is 19.1. The third kappa shape index (κ3) is 6.12. The van der Waals surface area contributed by atoms with Crippen LogP contribution in [0.25, 0.3) is 22.0 Å². The number of amides is 1. The maximum absolute atomic E-state index is 14.1. The molecule has 42 heavy (non-hydrogen) atoms. The van der Waals surface area contributed by atoms with Gasteiger partial charge >= 0.3 is 5.97 Å². The maximum atomic E-state index is 14.1. The average Bonchev–Trinajstić information content (AvgIpc) is 2.97. The minimum Gasteiger partial charge on any atom is -0.495 e. The smallest absolute Gasteiger partial charge is 0.335 e. The molecule has 4 aromatic carbocycles. The lowest BCUT2D eigenvalue weighted by molar-refractivity contribution is 0.0696. The molecule has 0 unspecified atom stereocenters. The van der Waals surface area contributed by atoms with E-state index in [2.05, 4.69) is 15.6 Å². The molecule has 3 N–H and O–H groups in total. The summed E-state index contributed by atoms with van der Waals surface area (Å²) in [6.07, 6.45) is 1.54. The normalized spacial score (nSPS) is 10.9. The molecular weight excluding hydrogens is 539 g/mol. The highest BCUT2D eigenvalue weighted by molar-refractivity contribution is 6.06. The Morgan fingerprint density at radius 2 is 1.67 bits per heavy atom. The number of hydrogen-bond acceptors (Lipinski definition) is 7. The summed E-state index contributed by atoms with van der Waals surface area (Å²) in [7, 11) is 1.49. The zero-order chi connectivity index (χ0) is 29.8. The number of carbonyl (C=O) groups excluding carboxylic acids is 1. The lowest BCUT2D eigenvalue weighted by Gasteiger charge is -2.16. The number of hydrogen-bond donors (Lipinski definition) is 3. The van der Waals surface area contributed by atoms with Crippen LogP contribution in [0.4, 0.5) is 21.7 Å². The Kier molecular flexibility index (Phi) is 7.96. The molecule has 10 heteroatoms. The number of nitrogens with zero attached hydrogens (tertiary/aromatic N) is 2. The number of rotatable bonds is 9. The molecule has 0 aliphatic rings. The number of fused-ring (bicyclic) bond motifs is 1. The molecule has 5 rings (SSSR count). The molecule has 0 aliphatic heterocycles. The zero-order valence-corrected chi connectivity index (χ0v) is 23.0. The van der Waals surface area contributed by atoms with Crippen molar-refractivity contribution in [2.75, 3.05) is 17.7 Å². The molecule has 0 saturated heterocycles. The van der Waals surface area contributed by atoms with E-state index >= 15 is 0 Å². The summed E-state index contributed by atoms with van der Waals surface area (Å²) >= 11 is 0. The molecule has 212 valence electrons. The molecular formula is C32H27FN4O5. The van der Waals surface area contributed by atoms with Crippen molar-refractivity contribution in [2.24, 2.45) is 0 Å². The lowest BCUT2D eigenvalue weighted by Crippen LogP contribution is -2.13. The molecule has 0 spiro atoms. The monoisotopic (exact) mass is 566 g/mol. The van der Waals surface area contributed by atoms with E-state index in [1.54, 1.807) is 30.5 Å². The van der Waals surface area contributed by atoms with Crippen molar-refractivity contribution in [2.45, 2.75) is 20.0 Å². The van der Waals surface area contributed by atoms with Gasteiger partial charge in [-0.25, -0.2) is 19.2 Å². The molecule has 9 nitrogen and oxygen atoms in total. The largest absolute Gasteiger partial charge is 0.495 e. The standard InChI is InChI=1S/C32H27FN4O5/c1-18(2)42-28-15-22(33)11-13-24(28)25-6-4-5-21-17-34-32(37-29(21)25)35-23-12-14-27(41-3)26(16-23)36-30(38)19-7-9-20(10-8-19)31(39)40/h4-18H,1-3H3,(H,36,38)(H,39,40)(H,34,35,37). The molecule has 5 aromatic rings. The minimum atomic E-state index is -1.08. The van der Waals surface area contributed by atoms with Crippen LogP contribution in [0.3, 0.4) is 0 Å². The van der Waals surface area contributed by atoms with Crippen molar-refractivity contribution in [3.63, 3.8) is 0 Å². The number of para-hydroxylation sites is 1. The van der Waals surface area contributed by atoms with E-state index in [0.717, 1.165) is 10.9 Å². The van der Waals surface area contributed by atoms with E-state index in [-0.39, 0.29) is 17.2 Å². The SMILES string of the molecule is COc1ccc(Nc2ncc3cccc(-c4ccc(F)cc4OC(C)C)c3n2)cc1NC(=O)c1ccc(C(=O)O)cc1. The number of benzene rings is 4. The first kappa shape index (κ1) is 28.0. The van der Waals surface area contributed by atoms with Crippen LogP contribution < -0.4 is 20.1 Å². The van der Waals surface area contributed by atoms with Gasteiger partial charge in [0.15, 0.2) is 0 Å². The van der Waals surface area contributed by atoms with Gasteiger partial charge in [0.2, 0.25) is 5.95 Å². The molecule has 0 atom stereocenters. The Balaban J connectivity index is 1.45. The number of methoxy groups -OCH3 is 1. The van der Waals surface area contributed by atoms with Crippen molar-refractivity contribution >= 4 is 40.1 Å². The second kappa shape index (κ2) is 11.9. The maximum Gasteiger partial charge on any atom is 0.335 e. The fraction of sp³-hybridized carbons (Fsp3) is 0.125. The number of aromatic carboxylic acids is 1. The van der Waals surface area contributed by atoms with Gasteiger partial charge in [-0.3, -0.25) is 4.79 Å². The van der Waals surface area contributed by atoms with Gasteiger partial charge in [0.25, 0.3) is 5.91 Å². The number of halogens is 1. The Morgan fingerprint density at radius 3 is 2.38 bits per heavy atom. The van der Waals surface area contributed by atoms with Crippen LogP contribution in [0.1, 0.15) is 34.6 Å². The molecule has 1 heterocycles. The Labute approximate surface area is 241 Å². The van der Waals surface area contributed by atoms with E-state index in [1.807, 2.05) is 32.0 Å². The van der Waals surface area contributed by atoms with E-state index in [9.17, 15) is 14.0 Å². The van der Waals surface area contributed by atoms with Gasteiger partial charge in [-0.2, -0.15) is 0 Å². The molecule has 0 radical (unpaired) electrons. The summed E-state index contributed by atoms with van der Waals surface area (Å²) in [6, 6.07) is 20.8. The quantitative estimate of drug-likeness (QED) is 0.176. The number of carboxylic acid groups (broad SMARTS) is 1. The van der Waals surface area contributed by atoms with Gasteiger partial charge in [-0.1, -0.05) is 18.2 Å². The lowest BCUT2D eigenvalue weighted by atomic mass is 10.0. The van der Waals surface area contributed by atoms with E-state index in [1.165, 1.54) is 43.5 Å². The van der Waals surface area contributed by atoms with E-state index in [4.69, 9.17) is 19.6 Å². The van der Waals surface area contributed by atoms with Gasteiger partial charge in [0, 0.05) is 40.0 Å². The van der Waals surface area contributed by atoms with E-state index in [0.29, 0.717) is 39.9 Å². The van der Waals surface area contributed by atoms with Crippen LogP contribution in [0, 0.1) is 5.82 Å². The van der Waals surface area contributed by atoms with Gasteiger partial charge < -0.3 is 25.2 Å². The first-order chi connectivity index (χ1) is 20.2. The minimum absolute atomic E-state index is 0.0805. The average molecular weight is 567 g/mol. The third-order valence-electron chi connectivity index (χ3n) is 6.31. The molecule has 1 amide bonds. The number of ether oxygens (including phenoxy) is 2. The van der Waals surface area contributed by atoms with Gasteiger partial charge in [0.05, 0.1) is 30.0 Å². The van der Waals surface area contributed by atoms with Crippen molar-refractivity contribution in [1.29, 1.82) is 0 Å². The second-order valence-electron chi connectivity index (χ2n) is 9.62. The summed E-state index contributed by atoms with van der Waals surface area (Å²) in [6.45, 7) is 3.76. The fourth-order valence-corrected chi connectivity index (χ4v) is 4.37. The topological polar surface area (TPSA) is 123 Å². The Hall–Kier alpha value is -5.51. The van der Waals surface area contributed by atoms with E-state index < -0.39 is 17.7 Å². The number of aromatic nitrogens is 2. The second-order valence-corrected chi connectivity index (χ2v) is 9.62. The molecule has 1 aromatic heterocycles. The number of nitrogens with one attached hydrogen (secondary N) is 2. The third-order valence-corrected chi connectivity index (χ3v) is 6.31. The van der Waals surface area contributed by atoms with Crippen molar-refractivity contribution < 1.29 is 28.6 Å². The van der Waals surface area contributed by atoms with Gasteiger partial charge in [-0.05, 0) is 68.4 Å². The molecule has 0 aliphatic carbocycles. The Bertz CT molecular complexity index is 1790. The van der Waals surface area contributed by atoms with Crippen LogP contribution in [-0.2, 0) is 0 Å². The number of carboxylic acids is 1. The van der Waals surface area contributed by atoms with Crippen molar-refractivity contribution in [3.8, 4) is 22.6 Å². The summed E-state index contributed by atoms with van der Waals surface area (Å²) in [5, 5.41) is 15.9. The Morgan fingerprint density at radius 1 is 0.905 bits per heavy atom. The van der Waals surface area contributed by atoms with Gasteiger partial charge in [0.1, 0.15) is 17.3 Å². The number of carbonyl (C=O) groups is 2. The van der Waals surface area contributed by atoms with Crippen molar-refractivity contribution in [1.82, 2.24) is 9.97 Å². The van der Waals surface area contributed by atoms with Crippen LogP contribution >= 0.6 is 0 Å². The number of anilines is 3. The van der Waals surface area contributed by atoms with Crippen molar-refractivity contribution in [3.05, 3.63) is 102 Å². The highest BCUT2D eigenvalue weighted by Crippen LogP contribution is 2.36. The summed E-state index contributed by atoms with van der Waals surface area (Å²) in [4.78, 5) is 33.2. The van der Waals surface area contributed by atoms with Crippen LogP contribution in [0.2, 0.25) is 0 Å². The summed E-state index contributed by atoms with van der Waals surface area (Å²) in [5.41, 5.74) is 3.43. The van der Waals surface area contributed by atoms with Crippen LogP contribution in [0.15, 0.2) is 85.1 Å². The first-order valence-corrected chi connectivity index (χ1v) is 13.0. The molecule has 0 bridgehead atoms. The predicted molar refractivity (Wildman–Crippen MR) is 158 cm³/mol. The fourth-order valence-electron chi connectivity index (χ4n) is 4.37. The summed E-state index contributed by atoms with van der Waals surface area (Å²) in [5.74, 6) is -0.771. The first-order valence-electron chi connectivity index (χ1n) is 13.0. The molecule has 0 saturated carbocycles. The van der Waals surface area contributed by atoms with Gasteiger partial charge in [-0.15, -0.1) is 0 Å². The highest BCUT2D eigenvalue weighted by Gasteiger charge is 2.16. The zero-order valence-electron chi connectivity index (χ0n) is 23.0. The summed E-state index contributed by atoms with van der Waals surface area (Å²) < 4.78 is 25.4.